The molecule has 1 saturated heterocycles. The molecular weight excluding hydrogens is 1010 g/mol. The van der Waals surface area contributed by atoms with Gasteiger partial charge in [-0.05, 0) is 147 Å². The number of carbonyl (C=O) groups excluding carboxylic acids is 7. The molecule has 0 radical (unpaired) electrons. The number of rotatable bonds is 19. The van der Waals surface area contributed by atoms with Crippen molar-refractivity contribution in [3.8, 4) is 5.75 Å². The van der Waals surface area contributed by atoms with Gasteiger partial charge in [0.15, 0.2) is 0 Å². The Labute approximate surface area is 473 Å². The van der Waals surface area contributed by atoms with Crippen molar-refractivity contribution in [2.45, 2.75) is 175 Å². The van der Waals surface area contributed by atoms with Crippen molar-refractivity contribution in [2.75, 3.05) is 20.6 Å². The van der Waals surface area contributed by atoms with Gasteiger partial charge in [-0.3, -0.25) is 33.6 Å². The van der Waals surface area contributed by atoms with Gasteiger partial charge in [-0.25, -0.2) is 0 Å². The molecule has 5 amide bonds. The lowest BCUT2D eigenvalue weighted by Gasteiger charge is -2.41. The molecule has 0 saturated carbocycles. The second kappa shape index (κ2) is 25.4. The molecule has 428 valence electrons. The number of amides is 5. The summed E-state index contributed by atoms with van der Waals surface area (Å²) in [6.45, 7) is 15.7. The summed E-state index contributed by atoms with van der Waals surface area (Å²) in [7, 11) is 3.44. The van der Waals surface area contributed by atoms with Crippen LogP contribution in [0.2, 0.25) is 0 Å². The molecule has 0 aromatic heterocycles. The van der Waals surface area contributed by atoms with Crippen molar-refractivity contribution >= 4 is 41.1 Å². The summed E-state index contributed by atoms with van der Waals surface area (Å²) >= 11 is 0. The molecule has 80 heavy (non-hydrogen) atoms. The molecule has 8 rings (SSSR count). The number of likely N-dealkylation sites (tertiary alicyclic amines) is 1. The lowest BCUT2D eigenvalue weighted by molar-refractivity contribution is -0.149. The van der Waals surface area contributed by atoms with Crippen LogP contribution in [0, 0.1) is 22.7 Å². The summed E-state index contributed by atoms with van der Waals surface area (Å²) in [6.07, 6.45) is 5.91. The van der Waals surface area contributed by atoms with Crippen LogP contribution in [0.1, 0.15) is 162 Å². The van der Waals surface area contributed by atoms with Crippen molar-refractivity contribution in [2.24, 2.45) is 22.7 Å². The van der Waals surface area contributed by atoms with E-state index in [0.29, 0.717) is 17.7 Å². The molecule has 2 aliphatic carbocycles. The van der Waals surface area contributed by atoms with Crippen LogP contribution in [0.4, 0.5) is 0 Å². The largest absolute Gasteiger partial charge is 0.489 e. The molecule has 9 atom stereocenters. The summed E-state index contributed by atoms with van der Waals surface area (Å²) in [5.74, 6) is -2.30. The van der Waals surface area contributed by atoms with Crippen molar-refractivity contribution < 1.29 is 38.3 Å². The second-order valence-electron chi connectivity index (χ2n) is 25.0. The highest BCUT2D eigenvalue weighted by molar-refractivity contribution is 5.96. The standard InChI is InChI=1S/C65H85N7O8/c1-39(66-9)57(73)34-51(64(3,4)5)62(78)71-36-46-31-48(30-29-45(46)32-55(71)60(76)69-53-23-15-19-42-17-11-13-21-49(42)53)80-38-41-25-27-44(28-26-41)59(75)68-47-33-56(61(77)70-54-24-16-20-43-18-12-14-22-50(43)54)72(37-47)63(79)52(65(6,7)8)35-58(74)40(2)67-10/h11-14,17-18,21-22,25-31,39-40,47,51-56,66-67H,15-16,19-20,23-24,32-38H2,1-10H3,(H,68,75)(H,69,76)(H,70,77)/t39-,40-,47-,51+,52+,53+,54+,55-,56-/m0/s1. The molecular formula is C65H85N7O8. The number of nitrogens with one attached hydrogen (secondary N) is 5. The molecule has 15 heteroatoms. The molecule has 2 aliphatic heterocycles. The Morgan fingerprint density at radius 2 is 1.11 bits per heavy atom. The summed E-state index contributed by atoms with van der Waals surface area (Å²) in [5, 5.41) is 15.7. The van der Waals surface area contributed by atoms with E-state index in [0.717, 1.165) is 66.3 Å². The first-order valence-corrected chi connectivity index (χ1v) is 29.0. The lowest BCUT2D eigenvalue weighted by Crippen LogP contribution is -2.56. The summed E-state index contributed by atoms with van der Waals surface area (Å²) < 4.78 is 6.36. The van der Waals surface area contributed by atoms with E-state index in [2.05, 4.69) is 44.8 Å². The Hall–Kier alpha value is -6.71. The number of nitrogens with zero attached hydrogens (tertiary/aromatic N) is 2. The number of likely N-dealkylation sites (N-methyl/N-ethyl adjacent to an activating group) is 2. The average Bonchev–Trinajstić information content (AvgIpc) is 3.88. The van der Waals surface area contributed by atoms with Crippen molar-refractivity contribution in [1.82, 2.24) is 36.4 Å². The van der Waals surface area contributed by atoms with E-state index in [1.807, 2.05) is 102 Å². The third kappa shape index (κ3) is 13.9. The van der Waals surface area contributed by atoms with E-state index < -0.39 is 52.9 Å². The Balaban J connectivity index is 0.955. The maximum Gasteiger partial charge on any atom is 0.251 e. The first-order chi connectivity index (χ1) is 38.0. The zero-order chi connectivity index (χ0) is 57.6. The Morgan fingerprint density at radius 1 is 0.600 bits per heavy atom. The van der Waals surface area contributed by atoms with Gasteiger partial charge in [0.05, 0.1) is 24.2 Å². The van der Waals surface area contributed by atoms with Crippen LogP contribution < -0.4 is 31.3 Å². The summed E-state index contributed by atoms with van der Waals surface area (Å²) in [6, 6.07) is 25.8. The third-order valence-electron chi connectivity index (χ3n) is 17.4. The Bertz CT molecular complexity index is 2930. The summed E-state index contributed by atoms with van der Waals surface area (Å²) in [4.78, 5) is 103. The van der Waals surface area contributed by atoms with E-state index in [1.54, 1.807) is 49.9 Å². The predicted octanol–water partition coefficient (Wildman–Crippen LogP) is 8.06. The topological polar surface area (TPSA) is 195 Å². The maximum absolute atomic E-state index is 14.9. The number of hydrogen-bond donors (Lipinski definition) is 5. The van der Waals surface area contributed by atoms with Crippen molar-refractivity contribution in [1.29, 1.82) is 0 Å². The number of carbonyl (C=O) groups is 7. The van der Waals surface area contributed by atoms with Gasteiger partial charge in [-0.1, -0.05) is 108 Å². The van der Waals surface area contributed by atoms with E-state index in [9.17, 15) is 33.6 Å². The van der Waals surface area contributed by atoms with Crippen LogP contribution in [0.15, 0.2) is 91.0 Å². The van der Waals surface area contributed by atoms with Crippen LogP contribution in [0.3, 0.4) is 0 Å². The molecule has 4 aromatic carbocycles. The minimum absolute atomic E-state index is 0.0147. The first-order valence-electron chi connectivity index (χ1n) is 29.0. The molecule has 15 nitrogen and oxygen atoms in total. The van der Waals surface area contributed by atoms with E-state index in [-0.39, 0.29) is 92.1 Å². The number of benzene rings is 4. The lowest BCUT2D eigenvalue weighted by atomic mass is 9.75. The van der Waals surface area contributed by atoms with Crippen LogP contribution in [0.25, 0.3) is 0 Å². The molecule has 0 spiro atoms. The van der Waals surface area contributed by atoms with Crippen molar-refractivity contribution in [3.63, 3.8) is 0 Å². The molecule has 2 heterocycles. The van der Waals surface area contributed by atoms with Crippen LogP contribution >= 0.6 is 0 Å². The SMILES string of the molecule is CN[C@@H](C)C(=O)C[C@H](C(=O)N1Cc2cc(OCc3ccc(C(=O)N[C@H]4C[C@@H](C(=O)N[C@@H]5CCCc6ccccc65)N(C(=O)[C@@H](CC(=O)[C@H](C)NC)C(C)(C)C)C4)cc3)ccc2C[C@H]1C(=O)N[C@@H]1CCCc2ccccc21)C(C)(C)C. The molecule has 0 bridgehead atoms. The van der Waals surface area contributed by atoms with Gasteiger partial charge in [0.1, 0.15) is 36.0 Å². The van der Waals surface area contributed by atoms with Gasteiger partial charge < -0.3 is 41.1 Å². The Kier molecular flexibility index (Phi) is 18.9. The fourth-order valence-electron chi connectivity index (χ4n) is 12.1. The van der Waals surface area contributed by atoms with Gasteiger partial charge in [0, 0.05) is 55.8 Å². The van der Waals surface area contributed by atoms with Gasteiger partial charge in [0.25, 0.3) is 5.91 Å². The quantitative estimate of drug-likeness (QED) is 0.0613. The number of ether oxygens (including phenoxy) is 1. The van der Waals surface area contributed by atoms with E-state index in [1.165, 1.54) is 11.1 Å². The minimum atomic E-state index is -0.857. The highest BCUT2D eigenvalue weighted by atomic mass is 16.5. The highest BCUT2D eigenvalue weighted by Crippen LogP contribution is 2.38. The highest BCUT2D eigenvalue weighted by Gasteiger charge is 2.47. The van der Waals surface area contributed by atoms with Crippen LogP contribution in [0.5, 0.6) is 5.75 Å². The fraction of sp³-hybridized carbons (Fsp3) is 0.523. The van der Waals surface area contributed by atoms with Crippen LogP contribution in [-0.4, -0.2) is 102 Å². The van der Waals surface area contributed by atoms with Crippen LogP contribution in [-0.2, 0) is 61.2 Å². The van der Waals surface area contributed by atoms with Gasteiger partial charge in [-0.15, -0.1) is 0 Å². The Morgan fingerprint density at radius 3 is 1.64 bits per heavy atom. The molecule has 0 unspecified atom stereocenters. The third-order valence-corrected chi connectivity index (χ3v) is 17.4. The average molecular weight is 1090 g/mol. The predicted molar refractivity (Wildman–Crippen MR) is 309 cm³/mol. The van der Waals surface area contributed by atoms with Crippen molar-refractivity contribution in [3.05, 3.63) is 136 Å². The number of aryl methyl sites for hydroxylation is 2. The number of Topliss-reactive ketones (excluding diaryl/α,β-unsaturated/α-hetero) is 2. The van der Waals surface area contributed by atoms with E-state index >= 15 is 0 Å². The normalized spacial score (nSPS) is 21.4. The molecule has 4 aromatic rings. The molecule has 1 fully saturated rings. The zero-order valence-electron chi connectivity index (χ0n) is 48.7. The zero-order valence-corrected chi connectivity index (χ0v) is 48.7. The first kappa shape index (κ1) is 59.4. The fourth-order valence-corrected chi connectivity index (χ4v) is 12.1. The second-order valence-corrected chi connectivity index (χ2v) is 25.0. The summed E-state index contributed by atoms with van der Waals surface area (Å²) in [5.41, 5.74) is 6.45. The molecule has 5 N–H and O–H groups in total. The molecule has 4 aliphatic rings. The number of hydrogen-bond acceptors (Lipinski definition) is 10. The van der Waals surface area contributed by atoms with Gasteiger partial charge >= 0.3 is 0 Å². The minimum Gasteiger partial charge on any atom is -0.489 e. The smallest absolute Gasteiger partial charge is 0.251 e. The van der Waals surface area contributed by atoms with E-state index in [4.69, 9.17) is 4.74 Å². The van der Waals surface area contributed by atoms with Gasteiger partial charge in [-0.2, -0.15) is 0 Å². The monoisotopic (exact) mass is 1090 g/mol. The maximum atomic E-state index is 14.9. The number of ketones is 2. The number of fused-ring (bicyclic) bond motifs is 3. The van der Waals surface area contributed by atoms with Gasteiger partial charge in [0.2, 0.25) is 23.6 Å².